The van der Waals surface area contributed by atoms with Crippen LogP contribution >= 0.6 is 0 Å². The molecule has 2 aliphatic heterocycles. The van der Waals surface area contributed by atoms with E-state index < -0.39 is 0 Å². The minimum Gasteiger partial charge on any atom is -0.295 e. The molecule has 0 bridgehead atoms. The van der Waals surface area contributed by atoms with Crippen LogP contribution in [0.5, 0.6) is 0 Å². The first kappa shape index (κ1) is 14.0. The van der Waals surface area contributed by atoms with Crippen LogP contribution in [0.15, 0.2) is 18.3 Å². The molecule has 3 nitrogen and oxygen atoms in total. The van der Waals surface area contributed by atoms with Gasteiger partial charge in [0.05, 0.1) is 5.69 Å². The van der Waals surface area contributed by atoms with E-state index in [2.05, 4.69) is 40.8 Å². The Hall–Kier alpha value is -0.930. The third-order valence-corrected chi connectivity index (χ3v) is 4.94. The van der Waals surface area contributed by atoms with E-state index in [9.17, 15) is 0 Å². The second-order valence-electron chi connectivity index (χ2n) is 6.44. The van der Waals surface area contributed by atoms with E-state index in [4.69, 9.17) is 0 Å². The molecular weight excluding hydrogens is 246 g/mol. The van der Waals surface area contributed by atoms with Gasteiger partial charge in [-0.25, -0.2) is 0 Å². The number of rotatable bonds is 4. The SMILES string of the molecule is CCc1ccc(CN2CC(N3CCCCC3C)C2)nc1. The predicted octanol–water partition coefficient (Wildman–Crippen LogP) is 2.70. The van der Waals surface area contributed by atoms with Gasteiger partial charge in [0.2, 0.25) is 0 Å². The standard InChI is InChI=1S/C17H27N3/c1-3-15-7-8-16(18-10-15)11-19-12-17(13-19)20-9-5-4-6-14(20)2/h7-8,10,14,17H,3-6,9,11-13H2,1-2H3. The largest absolute Gasteiger partial charge is 0.295 e. The van der Waals surface area contributed by atoms with Crippen molar-refractivity contribution in [1.82, 2.24) is 14.8 Å². The molecule has 0 saturated carbocycles. The minimum absolute atomic E-state index is 0.790. The Bertz CT molecular complexity index is 422. The molecule has 110 valence electrons. The van der Waals surface area contributed by atoms with Gasteiger partial charge >= 0.3 is 0 Å². The fourth-order valence-corrected chi connectivity index (χ4v) is 3.53. The smallest absolute Gasteiger partial charge is 0.0544 e. The zero-order valence-corrected chi connectivity index (χ0v) is 12.9. The Balaban J connectivity index is 1.47. The molecule has 0 aliphatic carbocycles. The van der Waals surface area contributed by atoms with Crippen molar-refractivity contribution < 1.29 is 0 Å². The van der Waals surface area contributed by atoms with Crippen LogP contribution in [0.4, 0.5) is 0 Å². The van der Waals surface area contributed by atoms with Crippen molar-refractivity contribution in [3.05, 3.63) is 29.6 Å². The van der Waals surface area contributed by atoms with Gasteiger partial charge in [0, 0.05) is 37.9 Å². The zero-order chi connectivity index (χ0) is 13.9. The van der Waals surface area contributed by atoms with Crippen LogP contribution in [-0.4, -0.2) is 46.5 Å². The maximum Gasteiger partial charge on any atom is 0.0544 e. The van der Waals surface area contributed by atoms with Crippen molar-refractivity contribution in [1.29, 1.82) is 0 Å². The monoisotopic (exact) mass is 273 g/mol. The first-order valence-electron chi connectivity index (χ1n) is 8.18. The molecule has 3 rings (SSSR count). The predicted molar refractivity (Wildman–Crippen MR) is 82.7 cm³/mol. The van der Waals surface area contributed by atoms with Crippen molar-refractivity contribution in [2.45, 2.75) is 58.2 Å². The van der Waals surface area contributed by atoms with Crippen LogP contribution in [0.25, 0.3) is 0 Å². The van der Waals surface area contributed by atoms with E-state index in [-0.39, 0.29) is 0 Å². The van der Waals surface area contributed by atoms with Crippen molar-refractivity contribution >= 4 is 0 Å². The highest BCUT2D eigenvalue weighted by Gasteiger charge is 2.34. The van der Waals surface area contributed by atoms with E-state index >= 15 is 0 Å². The Labute approximate surface area is 123 Å². The van der Waals surface area contributed by atoms with Crippen molar-refractivity contribution in [2.24, 2.45) is 0 Å². The van der Waals surface area contributed by atoms with Gasteiger partial charge in [-0.05, 0) is 44.4 Å². The average Bonchev–Trinajstić information content (AvgIpc) is 2.44. The lowest BCUT2D eigenvalue weighted by molar-refractivity contribution is -0.00674. The quantitative estimate of drug-likeness (QED) is 0.841. The summed E-state index contributed by atoms with van der Waals surface area (Å²) in [5, 5.41) is 0. The normalized spacial score (nSPS) is 25.6. The summed E-state index contributed by atoms with van der Waals surface area (Å²) in [5.74, 6) is 0. The Kier molecular flexibility index (Phi) is 4.37. The number of hydrogen-bond donors (Lipinski definition) is 0. The molecule has 20 heavy (non-hydrogen) atoms. The lowest BCUT2D eigenvalue weighted by atomic mass is 9.97. The second kappa shape index (κ2) is 6.23. The topological polar surface area (TPSA) is 19.4 Å². The van der Waals surface area contributed by atoms with Crippen LogP contribution < -0.4 is 0 Å². The van der Waals surface area contributed by atoms with Crippen LogP contribution in [0.1, 0.15) is 44.4 Å². The van der Waals surface area contributed by atoms with E-state index in [0.29, 0.717) is 0 Å². The number of aromatic nitrogens is 1. The van der Waals surface area contributed by atoms with Crippen molar-refractivity contribution in [3.63, 3.8) is 0 Å². The molecule has 0 N–H and O–H groups in total. The first-order chi connectivity index (χ1) is 9.76. The van der Waals surface area contributed by atoms with Crippen molar-refractivity contribution in [3.8, 4) is 0 Å². The van der Waals surface area contributed by atoms with Gasteiger partial charge in [-0.1, -0.05) is 19.4 Å². The number of likely N-dealkylation sites (tertiary alicyclic amines) is 2. The van der Waals surface area contributed by atoms with Gasteiger partial charge in [-0.3, -0.25) is 14.8 Å². The highest BCUT2D eigenvalue weighted by atomic mass is 15.3. The Morgan fingerprint density at radius 1 is 1.25 bits per heavy atom. The molecule has 1 unspecified atom stereocenters. The highest BCUT2D eigenvalue weighted by Crippen LogP contribution is 2.25. The van der Waals surface area contributed by atoms with Gasteiger partial charge in [-0.15, -0.1) is 0 Å². The van der Waals surface area contributed by atoms with Crippen LogP contribution in [0.2, 0.25) is 0 Å². The number of pyridine rings is 1. The minimum atomic E-state index is 0.790. The van der Waals surface area contributed by atoms with Crippen molar-refractivity contribution in [2.75, 3.05) is 19.6 Å². The molecular formula is C17H27N3. The molecule has 0 aromatic carbocycles. The summed E-state index contributed by atoms with van der Waals surface area (Å²) in [5.41, 5.74) is 2.55. The summed E-state index contributed by atoms with van der Waals surface area (Å²) in [6.07, 6.45) is 7.30. The molecule has 1 atom stereocenters. The van der Waals surface area contributed by atoms with E-state index in [1.54, 1.807) is 0 Å². The maximum absolute atomic E-state index is 4.57. The third-order valence-electron chi connectivity index (χ3n) is 4.94. The first-order valence-corrected chi connectivity index (χ1v) is 8.18. The molecule has 0 radical (unpaired) electrons. The van der Waals surface area contributed by atoms with Crippen LogP contribution in [-0.2, 0) is 13.0 Å². The zero-order valence-electron chi connectivity index (χ0n) is 12.9. The second-order valence-corrected chi connectivity index (χ2v) is 6.44. The molecule has 3 heteroatoms. The van der Waals surface area contributed by atoms with Crippen LogP contribution in [0.3, 0.4) is 0 Å². The van der Waals surface area contributed by atoms with E-state index in [1.807, 2.05) is 6.20 Å². The molecule has 0 amide bonds. The lowest BCUT2D eigenvalue weighted by Gasteiger charge is -2.49. The van der Waals surface area contributed by atoms with Gasteiger partial charge < -0.3 is 0 Å². The number of hydrogen-bond acceptors (Lipinski definition) is 3. The summed E-state index contributed by atoms with van der Waals surface area (Å²) in [4.78, 5) is 9.83. The summed E-state index contributed by atoms with van der Waals surface area (Å²) in [7, 11) is 0. The summed E-state index contributed by atoms with van der Waals surface area (Å²) < 4.78 is 0. The molecule has 2 saturated heterocycles. The highest BCUT2D eigenvalue weighted by molar-refractivity contribution is 5.14. The Morgan fingerprint density at radius 2 is 2.10 bits per heavy atom. The summed E-state index contributed by atoms with van der Waals surface area (Å²) in [6, 6.07) is 5.99. The maximum atomic E-state index is 4.57. The molecule has 1 aromatic rings. The third kappa shape index (κ3) is 3.04. The molecule has 2 aliphatic rings. The molecule has 0 spiro atoms. The van der Waals surface area contributed by atoms with Gasteiger partial charge in [0.15, 0.2) is 0 Å². The Morgan fingerprint density at radius 3 is 2.75 bits per heavy atom. The number of piperidine rings is 1. The van der Waals surface area contributed by atoms with Crippen LogP contribution in [0, 0.1) is 0 Å². The molecule has 2 fully saturated rings. The van der Waals surface area contributed by atoms with E-state index in [1.165, 1.54) is 50.2 Å². The summed E-state index contributed by atoms with van der Waals surface area (Å²) >= 11 is 0. The average molecular weight is 273 g/mol. The fraction of sp³-hybridized carbons (Fsp3) is 0.706. The van der Waals surface area contributed by atoms with Gasteiger partial charge in [0.1, 0.15) is 0 Å². The van der Waals surface area contributed by atoms with E-state index in [0.717, 1.165) is 25.0 Å². The molecule has 3 heterocycles. The van der Waals surface area contributed by atoms with Gasteiger partial charge in [0.25, 0.3) is 0 Å². The summed E-state index contributed by atoms with van der Waals surface area (Å²) in [6.45, 7) is 9.35. The lowest BCUT2D eigenvalue weighted by Crippen LogP contribution is -2.61. The number of aryl methyl sites for hydroxylation is 1. The van der Waals surface area contributed by atoms with Gasteiger partial charge in [-0.2, -0.15) is 0 Å². The number of nitrogens with zero attached hydrogens (tertiary/aromatic N) is 3. The fourth-order valence-electron chi connectivity index (χ4n) is 3.53. The molecule has 1 aromatic heterocycles.